The second-order valence-electron chi connectivity index (χ2n) is 14.4. The van der Waals surface area contributed by atoms with Crippen LogP contribution in [-0.4, -0.2) is 15.0 Å². The number of rotatable bonds is 7. The highest BCUT2D eigenvalue weighted by Crippen LogP contribution is 2.42. The van der Waals surface area contributed by atoms with E-state index < -0.39 is 0 Å². The molecular formula is C53H34N4O. The molecule has 272 valence electrons. The third-order valence-corrected chi connectivity index (χ3v) is 10.9. The van der Waals surface area contributed by atoms with E-state index in [-0.39, 0.29) is 0 Å². The van der Waals surface area contributed by atoms with Crippen molar-refractivity contribution in [2.75, 3.05) is 4.90 Å². The maximum atomic E-state index is 6.60. The van der Waals surface area contributed by atoms with Crippen molar-refractivity contribution >= 4 is 60.5 Å². The van der Waals surface area contributed by atoms with Crippen molar-refractivity contribution < 1.29 is 4.42 Å². The summed E-state index contributed by atoms with van der Waals surface area (Å²) in [6.07, 6.45) is 0. The Labute approximate surface area is 335 Å². The van der Waals surface area contributed by atoms with Gasteiger partial charge >= 0.3 is 0 Å². The lowest BCUT2D eigenvalue weighted by molar-refractivity contribution is 0.672. The molecule has 0 atom stereocenters. The van der Waals surface area contributed by atoms with E-state index in [1.165, 1.54) is 5.39 Å². The van der Waals surface area contributed by atoms with Crippen LogP contribution in [0.25, 0.3) is 88.8 Å². The van der Waals surface area contributed by atoms with Gasteiger partial charge in [0, 0.05) is 49.9 Å². The molecule has 0 spiro atoms. The molecule has 5 heteroatoms. The smallest absolute Gasteiger partial charge is 0.164 e. The largest absolute Gasteiger partial charge is 0.455 e. The SMILES string of the molecule is c1ccc(-c2nc(-c3ccc4ccccc4c3)nc(-c3cc4c5ccccc5oc4c4ccc(-c5ccc(N(c6ccccc6)c6ccccc6)cc5)cc34)n2)cc1. The first-order valence-corrected chi connectivity index (χ1v) is 19.4. The quantitative estimate of drug-likeness (QED) is 0.163. The van der Waals surface area contributed by atoms with Crippen LogP contribution in [0.3, 0.4) is 0 Å². The van der Waals surface area contributed by atoms with Crippen LogP contribution >= 0.6 is 0 Å². The van der Waals surface area contributed by atoms with Gasteiger partial charge in [-0.15, -0.1) is 0 Å². The highest BCUT2D eigenvalue weighted by molar-refractivity contribution is 6.19. The summed E-state index contributed by atoms with van der Waals surface area (Å²) in [6, 6.07) is 71.6. The number of benzene rings is 9. The van der Waals surface area contributed by atoms with Gasteiger partial charge in [-0.2, -0.15) is 0 Å². The number of fused-ring (bicyclic) bond motifs is 6. The standard InChI is InChI=1S/C53H34N4O/c1-4-15-37(16-5-1)51-54-52(40-25-24-35-14-10-11-17-38(35)32-40)56-53(55-51)48-34-47-44-22-12-13-23-49(44)58-50(47)45-31-28-39(33-46(45)48)36-26-29-43(30-27-36)57(41-18-6-2-7-19-41)42-20-8-3-9-21-42/h1-34H. The van der Waals surface area contributed by atoms with Crippen molar-refractivity contribution in [3.63, 3.8) is 0 Å². The fourth-order valence-electron chi connectivity index (χ4n) is 8.04. The number of para-hydroxylation sites is 3. The molecule has 11 aromatic rings. The van der Waals surface area contributed by atoms with Gasteiger partial charge < -0.3 is 9.32 Å². The molecule has 0 bridgehead atoms. The maximum Gasteiger partial charge on any atom is 0.164 e. The van der Waals surface area contributed by atoms with Crippen LogP contribution in [0.1, 0.15) is 0 Å². The summed E-state index contributed by atoms with van der Waals surface area (Å²) in [5.41, 5.74) is 9.90. The molecule has 0 unspecified atom stereocenters. The lowest BCUT2D eigenvalue weighted by Crippen LogP contribution is -2.09. The molecule has 11 rings (SSSR count). The second kappa shape index (κ2) is 14.0. The monoisotopic (exact) mass is 742 g/mol. The molecule has 5 nitrogen and oxygen atoms in total. The highest BCUT2D eigenvalue weighted by Gasteiger charge is 2.20. The van der Waals surface area contributed by atoms with Gasteiger partial charge in [0.2, 0.25) is 0 Å². The molecule has 58 heavy (non-hydrogen) atoms. The van der Waals surface area contributed by atoms with Gasteiger partial charge in [0.1, 0.15) is 11.2 Å². The number of furan rings is 1. The molecule has 0 aliphatic carbocycles. The lowest BCUT2D eigenvalue weighted by Gasteiger charge is -2.25. The minimum atomic E-state index is 0.600. The van der Waals surface area contributed by atoms with Gasteiger partial charge in [-0.3, -0.25) is 0 Å². The zero-order valence-corrected chi connectivity index (χ0v) is 31.3. The third kappa shape index (κ3) is 5.94. The molecule has 0 saturated carbocycles. The molecule has 9 aromatic carbocycles. The minimum Gasteiger partial charge on any atom is -0.455 e. The van der Waals surface area contributed by atoms with Crippen molar-refractivity contribution in [2.24, 2.45) is 0 Å². The normalized spacial score (nSPS) is 11.4. The number of anilines is 3. The van der Waals surface area contributed by atoms with E-state index in [0.717, 1.165) is 83.0 Å². The Morgan fingerprint density at radius 2 is 0.897 bits per heavy atom. The fraction of sp³-hybridized carbons (Fsp3) is 0. The molecule has 0 radical (unpaired) electrons. The van der Waals surface area contributed by atoms with E-state index in [1.54, 1.807) is 0 Å². The molecule has 0 aliphatic rings. The van der Waals surface area contributed by atoms with Crippen LogP contribution in [0.4, 0.5) is 17.1 Å². The van der Waals surface area contributed by atoms with E-state index in [4.69, 9.17) is 19.4 Å². The fourth-order valence-corrected chi connectivity index (χ4v) is 8.04. The van der Waals surface area contributed by atoms with Crippen molar-refractivity contribution in [3.05, 3.63) is 206 Å². The summed E-state index contributed by atoms with van der Waals surface area (Å²) >= 11 is 0. The Kier molecular flexibility index (Phi) is 8.07. The van der Waals surface area contributed by atoms with Crippen LogP contribution in [0.5, 0.6) is 0 Å². The van der Waals surface area contributed by atoms with Gasteiger partial charge in [-0.1, -0.05) is 140 Å². The summed E-state index contributed by atoms with van der Waals surface area (Å²) in [5.74, 6) is 1.84. The van der Waals surface area contributed by atoms with Gasteiger partial charge in [0.25, 0.3) is 0 Å². The van der Waals surface area contributed by atoms with Crippen molar-refractivity contribution in [1.82, 2.24) is 15.0 Å². The van der Waals surface area contributed by atoms with Crippen LogP contribution < -0.4 is 4.90 Å². The number of nitrogens with zero attached hydrogens (tertiary/aromatic N) is 4. The zero-order chi connectivity index (χ0) is 38.4. The Hall–Kier alpha value is -7.89. The van der Waals surface area contributed by atoms with E-state index in [0.29, 0.717) is 17.5 Å². The highest BCUT2D eigenvalue weighted by atomic mass is 16.3. The first-order chi connectivity index (χ1) is 28.7. The van der Waals surface area contributed by atoms with Crippen LogP contribution in [0.2, 0.25) is 0 Å². The van der Waals surface area contributed by atoms with Crippen molar-refractivity contribution in [3.8, 4) is 45.3 Å². The average Bonchev–Trinajstić information content (AvgIpc) is 3.68. The van der Waals surface area contributed by atoms with E-state index in [2.05, 4.69) is 157 Å². The van der Waals surface area contributed by atoms with E-state index in [9.17, 15) is 0 Å². The van der Waals surface area contributed by atoms with E-state index in [1.807, 2.05) is 54.6 Å². The molecule has 2 aromatic heterocycles. The Balaban J connectivity index is 1.11. The molecule has 0 amide bonds. The molecular weight excluding hydrogens is 709 g/mol. The van der Waals surface area contributed by atoms with Gasteiger partial charge in [-0.25, -0.2) is 15.0 Å². The van der Waals surface area contributed by atoms with Crippen molar-refractivity contribution in [1.29, 1.82) is 0 Å². The summed E-state index contributed by atoms with van der Waals surface area (Å²) in [4.78, 5) is 17.8. The molecule has 0 fully saturated rings. The first kappa shape index (κ1) is 33.4. The summed E-state index contributed by atoms with van der Waals surface area (Å²) < 4.78 is 6.60. The topological polar surface area (TPSA) is 55.1 Å². The Bertz CT molecular complexity index is 3230. The third-order valence-electron chi connectivity index (χ3n) is 10.9. The molecule has 0 aliphatic heterocycles. The minimum absolute atomic E-state index is 0.600. The average molecular weight is 743 g/mol. The van der Waals surface area contributed by atoms with Gasteiger partial charge in [0.05, 0.1) is 0 Å². The predicted molar refractivity (Wildman–Crippen MR) is 239 cm³/mol. The molecule has 2 heterocycles. The maximum absolute atomic E-state index is 6.60. The van der Waals surface area contributed by atoms with Crippen LogP contribution in [-0.2, 0) is 0 Å². The summed E-state index contributed by atoms with van der Waals surface area (Å²) in [6.45, 7) is 0. The Morgan fingerprint density at radius 3 is 1.64 bits per heavy atom. The van der Waals surface area contributed by atoms with E-state index >= 15 is 0 Å². The zero-order valence-electron chi connectivity index (χ0n) is 31.3. The lowest BCUT2D eigenvalue weighted by atomic mass is 9.95. The predicted octanol–water partition coefficient (Wildman–Crippen LogP) is 14.2. The molecule has 0 N–H and O–H groups in total. The number of aromatic nitrogens is 3. The number of hydrogen-bond acceptors (Lipinski definition) is 5. The Morgan fingerprint density at radius 1 is 0.328 bits per heavy atom. The summed E-state index contributed by atoms with van der Waals surface area (Å²) in [7, 11) is 0. The van der Waals surface area contributed by atoms with Gasteiger partial charge in [-0.05, 0) is 94.0 Å². The first-order valence-electron chi connectivity index (χ1n) is 19.4. The van der Waals surface area contributed by atoms with Crippen molar-refractivity contribution in [2.45, 2.75) is 0 Å². The number of hydrogen-bond donors (Lipinski definition) is 0. The summed E-state index contributed by atoms with van der Waals surface area (Å²) in [5, 5.41) is 6.36. The second-order valence-corrected chi connectivity index (χ2v) is 14.4. The van der Waals surface area contributed by atoms with Gasteiger partial charge in [0.15, 0.2) is 17.5 Å². The molecule has 0 saturated heterocycles. The van der Waals surface area contributed by atoms with Crippen LogP contribution in [0, 0.1) is 0 Å². The van der Waals surface area contributed by atoms with Crippen LogP contribution in [0.15, 0.2) is 211 Å².